The molecule has 3 aromatic rings. The highest BCUT2D eigenvalue weighted by atomic mass is 19.1. The summed E-state index contributed by atoms with van der Waals surface area (Å²) in [6, 6.07) is 10.2. The second-order valence-corrected chi connectivity index (χ2v) is 7.29. The van der Waals surface area contributed by atoms with Crippen LogP contribution in [0.15, 0.2) is 76.1 Å². The molecule has 0 aliphatic carbocycles. The van der Waals surface area contributed by atoms with E-state index in [1.54, 1.807) is 18.2 Å². The molecule has 2 aromatic carbocycles. The van der Waals surface area contributed by atoms with Gasteiger partial charge in [-0.25, -0.2) is 9.18 Å². The van der Waals surface area contributed by atoms with Crippen LogP contribution >= 0.6 is 0 Å². The SMILES string of the molecule is Cn1c(=O)n(Cc2cccc(F)c2)c(=O)c2cc(C(=O)NCC3=CN(O)NC=C3)ccc21. The molecule has 10 heteroatoms. The summed E-state index contributed by atoms with van der Waals surface area (Å²) in [5, 5.41) is 13.1. The fourth-order valence-electron chi connectivity index (χ4n) is 3.46. The summed E-state index contributed by atoms with van der Waals surface area (Å²) in [6.45, 7) is 0.0605. The van der Waals surface area contributed by atoms with E-state index in [0.717, 1.165) is 9.74 Å². The molecular formula is C22H20FN5O4. The second-order valence-electron chi connectivity index (χ2n) is 7.29. The minimum Gasteiger partial charge on any atom is -0.348 e. The number of amides is 1. The summed E-state index contributed by atoms with van der Waals surface area (Å²) in [6.07, 6.45) is 4.61. The number of hydrazine groups is 1. The third-order valence-corrected chi connectivity index (χ3v) is 5.09. The first-order chi connectivity index (χ1) is 15.3. The van der Waals surface area contributed by atoms with Gasteiger partial charge in [0, 0.05) is 25.4 Å². The van der Waals surface area contributed by atoms with Crippen molar-refractivity contribution < 1.29 is 14.4 Å². The Morgan fingerprint density at radius 3 is 2.75 bits per heavy atom. The van der Waals surface area contributed by atoms with E-state index in [4.69, 9.17) is 0 Å². The van der Waals surface area contributed by atoms with Gasteiger partial charge >= 0.3 is 5.69 Å². The normalized spacial score (nSPS) is 13.1. The van der Waals surface area contributed by atoms with Crippen molar-refractivity contribution in [2.45, 2.75) is 6.54 Å². The molecule has 0 fully saturated rings. The molecule has 2 heterocycles. The highest BCUT2D eigenvalue weighted by molar-refractivity contribution is 5.98. The van der Waals surface area contributed by atoms with Crippen LogP contribution in [-0.2, 0) is 13.6 Å². The highest BCUT2D eigenvalue weighted by Gasteiger charge is 2.15. The van der Waals surface area contributed by atoms with Gasteiger partial charge in [0.2, 0.25) is 0 Å². The fourth-order valence-corrected chi connectivity index (χ4v) is 3.46. The predicted octanol–water partition coefficient (Wildman–Crippen LogP) is 1.22. The van der Waals surface area contributed by atoms with E-state index in [0.29, 0.717) is 16.7 Å². The van der Waals surface area contributed by atoms with Gasteiger partial charge in [0.25, 0.3) is 11.5 Å². The van der Waals surface area contributed by atoms with Crippen molar-refractivity contribution in [3.8, 4) is 0 Å². The molecule has 0 radical (unpaired) electrons. The maximum atomic E-state index is 13.5. The number of halogens is 1. The first kappa shape index (κ1) is 21.1. The Labute approximate surface area is 181 Å². The first-order valence-electron chi connectivity index (χ1n) is 9.71. The number of nitrogens with one attached hydrogen (secondary N) is 2. The van der Waals surface area contributed by atoms with Crippen LogP contribution in [0.1, 0.15) is 15.9 Å². The van der Waals surface area contributed by atoms with Gasteiger partial charge in [-0.1, -0.05) is 12.1 Å². The zero-order valence-corrected chi connectivity index (χ0v) is 17.1. The lowest BCUT2D eigenvalue weighted by molar-refractivity contribution is -0.0768. The second kappa shape index (κ2) is 8.52. The molecule has 0 saturated heterocycles. The lowest BCUT2D eigenvalue weighted by Gasteiger charge is -2.17. The van der Waals surface area contributed by atoms with Gasteiger partial charge in [0.15, 0.2) is 0 Å². The van der Waals surface area contributed by atoms with E-state index in [9.17, 15) is 24.0 Å². The molecule has 0 spiro atoms. The number of nitrogens with zero attached hydrogens (tertiary/aromatic N) is 3. The van der Waals surface area contributed by atoms with Crippen LogP contribution in [0, 0.1) is 5.82 Å². The van der Waals surface area contributed by atoms with Crippen molar-refractivity contribution >= 4 is 16.8 Å². The lowest BCUT2D eigenvalue weighted by Crippen LogP contribution is -2.39. The van der Waals surface area contributed by atoms with Crippen molar-refractivity contribution in [1.82, 2.24) is 25.0 Å². The summed E-state index contributed by atoms with van der Waals surface area (Å²) in [4.78, 5) is 38.4. The Morgan fingerprint density at radius 1 is 1.19 bits per heavy atom. The molecule has 0 bridgehead atoms. The number of hydroxylamine groups is 1. The van der Waals surface area contributed by atoms with Crippen molar-refractivity contribution in [2.75, 3.05) is 6.54 Å². The Bertz CT molecular complexity index is 1390. The topological polar surface area (TPSA) is 109 Å². The van der Waals surface area contributed by atoms with Crippen LogP contribution in [-0.4, -0.2) is 32.0 Å². The smallest absolute Gasteiger partial charge is 0.331 e. The number of carbonyl (C=O) groups excluding carboxylic acids is 1. The monoisotopic (exact) mass is 437 g/mol. The Hall–Kier alpha value is -4.18. The molecule has 0 unspecified atom stereocenters. The van der Waals surface area contributed by atoms with E-state index in [1.165, 1.54) is 54.3 Å². The first-order valence-corrected chi connectivity index (χ1v) is 9.71. The van der Waals surface area contributed by atoms with Crippen LogP contribution in [0.2, 0.25) is 0 Å². The van der Waals surface area contributed by atoms with Gasteiger partial charge in [-0.15, -0.1) is 0 Å². The van der Waals surface area contributed by atoms with Crippen LogP contribution in [0.4, 0.5) is 4.39 Å². The molecule has 1 amide bonds. The average molecular weight is 437 g/mol. The number of hydrogen-bond donors (Lipinski definition) is 3. The summed E-state index contributed by atoms with van der Waals surface area (Å²) in [5.74, 6) is -0.885. The van der Waals surface area contributed by atoms with E-state index in [2.05, 4.69) is 10.7 Å². The highest BCUT2D eigenvalue weighted by Crippen LogP contribution is 2.12. The Kier molecular flexibility index (Phi) is 5.61. The van der Waals surface area contributed by atoms with Crippen LogP contribution in [0.3, 0.4) is 0 Å². The van der Waals surface area contributed by atoms with Gasteiger partial charge < -0.3 is 5.32 Å². The van der Waals surface area contributed by atoms with Crippen molar-refractivity contribution in [1.29, 1.82) is 0 Å². The minimum absolute atomic E-state index is 0.0954. The molecule has 1 aromatic heterocycles. The molecule has 4 rings (SSSR count). The average Bonchev–Trinajstić information content (AvgIpc) is 2.78. The number of aromatic nitrogens is 2. The van der Waals surface area contributed by atoms with E-state index in [1.807, 2.05) is 0 Å². The zero-order chi connectivity index (χ0) is 22.8. The summed E-state index contributed by atoms with van der Waals surface area (Å²) in [7, 11) is 1.53. The zero-order valence-electron chi connectivity index (χ0n) is 17.1. The molecule has 164 valence electrons. The minimum atomic E-state index is -0.568. The Morgan fingerprint density at radius 2 is 2.00 bits per heavy atom. The summed E-state index contributed by atoms with van der Waals surface area (Å²) < 4.78 is 15.9. The quantitative estimate of drug-likeness (QED) is 0.554. The number of rotatable bonds is 5. The van der Waals surface area contributed by atoms with Gasteiger partial charge in [-0.2, -0.15) is 5.17 Å². The van der Waals surface area contributed by atoms with Gasteiger partial charge in [-0.05, 0) is 47.5 Å². The van der Waals surface area contributed by atoms with Crippen molar-refractivity contribution in [2.24, 2.45) is 7.05 Å². The molecule has 32 heavy (non-hydrogen) atoms. The summed E-state index contributed by atoms with van der Waals surface area (Å²) in [5.41, 5.74) is 3.17. The van der Waals surface area contributed by atoms with Gasteiger partial charge in [-0.3, -0.25) is 29.4 Å². The number of carbonyl (C=O) groups is 1. The molecule has 0 atom stereocenters. The molecule has 3 N–H and O–H groups in total. The van der Waals surface area contributed by atoms with Gasteiger partial charge in [0.1, 0.15) is 5.82 Å². The van der Waals surface area contributed by atoms with Crippen LogP contribution in [0.5, 0.6) is 0 Å². The predicted molar refractivity (Wildman–Crippen MR) is 115 cm³/mol. The summed E-state index contributed by atoms with van der Waals surface area (Å²) >= 11 is 0. The third kappa shape index (κ3) is 4.16. The standard InChI is InChI=1S/C22H20FN5O4/c1-26-19-6-5-16(20(29)24-11-15-7-8-25-28(32)13-15)10-18(19)21(30)27(22(26)31)12-14-3-2-4-17(23)9-14/h2-10,13,25,32H,11-12H2,1H3,(H,24,29). The number of fused-ring (bicyclic) bond motifs is 1. The Balaban J connectivity index is 1.67. The molecule has 9 nitrogen and oxygen atoms in total. The largest absolute Gasteiger partial charge is 0.348 e. The van der Waals surface area contributed by atoms with E-state index < -0.39 is 23.0 Å². The molecule has 1 aliphatic rings. The van der Waals surface area contributed by atoms with Crippen LogP contribution in [0.25, 0.3) is 10.9 Å². The maximum absolute atomic E-state index is 13.5. The maximum Gasteiger partial charge on any atom is 0.331 e. The van der Waals surface area contributed by atoms with Crippen molar-refractivity contribution in [3.63, 3.8) is 0 Å². The van der Waals surface area contributed by atoms with Crippen molar-refractivity contribution in [3.05, 3.63) is 104 Å². The fraction of sp³-hybridized carbons (Fsp3) is 0.136. The third-order valence-electron chi connectivity index (χ3n) is 5.09. The molecule has 1 aliphatic heterocycles. The van der Waals surface area contributed by atoms with Gasteiger partial charge in [0.05, 0.1) is 23.6 Å². The number of hydrogen-bond acceptors (Lipinski definition) is 6. The van der Waals surface area contributed by atoms with E-state index >= 15 is 0 Å². The number of benzene rings is 2. The molecular weight excluding hydrogens is 417 g/mol. The lowest BCUT2D eigenvalue weighted by atomic mass is 10.1. The van der Waals surface area contributed by atoms with E-state index in [-0.39, 0.29) is 24.0 Å². The van der Waals surface area contributed by atoms with Crippen LogP contribution < -0.4 is 22.0 Å². The molecule has 0 saturated carbocycles. The number of aryl methyl sites for hydroxylation is 1.